The molecule has 8 aromatic rings. The molecule has 5 heteroatoms. The first-order chi connectivity index (χ1) is 19.3. The molecular formula is C34H21N3O2. The van der Waals surface area contributed by atoms with Crippen LogP contribution in [0.25, 0.3) is 72.4 Å². The van der Waals surface area contributed by atoms with E-state index in [1.165, 1.54) is 10.8 Å². The minimum Gasteiger partial charge on any atom is -0.472 e. The quantitative estimate of drug-likeness (QED) is 0.241. The number of furan rings is 1. The summed E-state index contributed by atoms with van der Waals surface area (Å²) in [6, 6.07) is 37.3. The van der Waals surface area contributed by atoms with Crippen LogP contribution in [0.4, 0.5) is 0 Å². The molecule has 0 amide bonds. The van der Waals surface area contributed by atoms with Crippen LogP contribution >= 0.6 is 0 Å². The van der Waals surface area contributed by atoms with Crippen molar-refractivity contribution in [1.82, 2.24) is 14.5 Å². The average molecular weight is 504 g/mol. The van der Waals surface area contributed by atoms with Crippen LogP contribution in [0.15, 0.2) is 137 Å². The maximum absolute atomic E-state index is 6.12. The molecule has 0 aliphatic heterocycles. The Balaban J connectivity index is 1.39. The zero-order valence-corrected chi connectivity index (χ0v) is 20.8. The Labute approximate surface area is 223 Å². The van der Waals surface area contributed by atoms with E-state index in [2.05, 4.69) is 70.2 Å². The van der Waals surface area contributed by atoms with Gasteiger partial charge in [0.05, 0.1) is 29.3 Å². The lowest BCUT2D eigenvalue weighted by Gasteiger charge is -2.14. The zero-order valence-electron chi connectivity index (χ0n) is 20.8. The van der Waals surface area contributed by atoms with Crippen LogP contribution in [0, 0.1) is 0 Å². The molecule has 0 N–H and O–H groups in total. The SMILES string of the molecule is c1ccc(-c2cc(-n3c4ccccc4c4ccc(-c5nc6ccccc6o5)cc43)ccc2-c2ccoc2)nc1. The molecule has 0 atom stereocenters. The normalized spacial score (nSPS) is 11.6. The van der Waals surface area contributed by atoms with Crippen LogP contribution in [-0.4, -0.2) is 14.5 Å². The summed E-state index contributed by atoms with van der Waals surface area (Å²) in [7, 11) is 0. The Bertz CT molecular complexity index is 2090. The molecule has 0 aliphatic carbocycles. The first-order valence-corrected chi connectivity index (χ1v) is 12.8. The van der Waals surface area contributed by atoms with Crippen LogP contribution in [0.1, 0.15) is 0 Å². The Hall–Kier alpha value is -5.42. The molecule has 0 radical (unpaired) electrons. The monoisotopic (exact) mass is 503 g/mol. The van der Waals surface area contributed by atoms with Gasteiger partial charge in [-0.2, -0.15) is 0 Å². The van der Waals surface area contributed by atoms with Gasteiger partial charge in [-0.15, -0.1) is 0 Å². The second-order valence-electron chi connectivity index (χ2n) is 9.53. The van der Waals surface area contributed by atoms with Crippen molar-refractivity contribution < 1.29 is 8.83 Å². The third-order valence-corrected chi connectivity index (χ3v) is 7.25. The Kier molecular flexibility index (Phi) is 4.76. The summed E-state index contributed by atoms with van der Waals surface area (Å²) < 4.78 is 13.8. The number of aromatic nitrogens is 3. The highest BCUT2D eigenvalue weighted by atomic mass is 16.3. The van der Waals surface area contributed by atoms with E-state index in [-0.39, 0.29) is 0 Å². The van der Waals surface area contributed by atoms with Gasteiger partial charge < -0.3 is 13.4 Å². The number of para-hydroxylation sites is 3. The largest absolute Gasteiger partial charge is 0.472 e. The number of rotatable bonds is 4. The van der Waals surface area contributed by atoms with E-state index < -0.39 is 0 Å². The van der Waals surface area contributed by atoms with Gasteiger partial charge in [-0.05, 0) is 66.2 Å². The second kappa shape index (κ2) is 8.57. The van der Waals surface area contributed by atoms with Gasteiger partial charge in [-0.1, -0.05) is 48.5 Å². The van der Waals surface area contributed by atoms with Crippen LogP contribution in [-0.2, 0) is 0 Å². The van der Waals surface area contributed by atoms with Crippen molar-refractivity contribution in [2.45, 2.75) is 0 Å². The highest BCUT2D eigenvalue weighted by molar-refractivity contribution is 6.10. The van der Waals surface area contributed by atoms with Gasteiger partial charge in [0.2, 0.25) is 5.89 Å². The fourth-order valence-corrected chi connectivity index (χ4v) is 5.45. The van der Waals surface area contributed by atoms with Gasteiger partial charge in [0.1, 0.15) is 5.52 Å². The molecule has 4 aromatic heterocycles. The number of benzene rings is 4. The van der Waals surface area contributed by atoms with Gasteiger partial charge in [0, 0.05) is 39.3 Å². The maximum atomic E-state index is 6.12. The van der Waals surface area contributed by atoms with E-state index >= 15 is 0 Å². The minimum atomic E-state index is 0.611. The molecule has 5 nitrogen and oxygen atoms in total. The fraction of sp³-hybridized carbons (Fsp3) is 0. The number of hydrogen-bond donors (Lipinski definition) is 0. The van der Waals surface area contributed by atoms with Crippen LogP contribution in [0.3, 0.4) is 0 Å². The molecule has 4 heterocycles. The van der Waals surface area contributed by atoms with Crippen molar-refractivity contribution in [3.8, 4) is 39.5 Å². The highest BCUT2D eigenvalue weighted by Gasteiger charge is 2.17. The standard InChI is InChI=1S/C34H21N3O2/c1-3-10-31-26(7-1)27-14-12-22(34-36-30-9-2-4-11-33(30)39-34)19-32(27)37(31)24-13-15-25(23-16-18-38-21-23)28(20-24)29-8-5-6-17-35-29/h1-21H. The second-order valence-corrected chi connectivity index (χ2v) is 9.53. The summed E-state index contributed by atoms with van der Waals surface area (Å²) in [6.07, 6.45) is 5.30. The van der Waals surface area contributed by atoms with Crippen molar-refractivity contribution in [3.05, 3.63) is 128 Å². The molecule has 0 bridgehead atoms. The fourth-order valence-electron chi connectivity index (χ4n) is 5.45. The van der Waals surface area contributed by atoms with E-state index in [0.717, 1.165) is 55.8 Å². The Morgan fingerprint density at radius 2 is 1.51 bits per heavy atom. The van der Waals surface area contributed by atoms with Gasteiger partial charge in [-0.25, -0.2) is 4.98 Å². The van der Waals surface area contributed by atoms with E-state index in [4.69, 9.17) is 13.8 Å². The lowest BCUT2D eigenvalue weighted by atomic mass is 9.98. The molecule has 8 rings (SSSR count). The molecule has 4 aromatic carbocycles. The first-order valence-electron chi connectivity index (χ1n) is 12.8. The summed E-state index contributed by atoms with van der Waals surface area (Å²) in [5.41, 5.74) is 9.85. The third-order valence-electron chi connectivity index (χ3n) is 7.25. The third kappa shape index (κ3) is 3.48. The van der Waals surface area contributed by atoms with Gasteiger partial charge in [0.15, 0.2) is 5.58 Å². The van der Waals surface area contributed by atoms with Crippen molar-refractivity contribution in [1.29, 1.82) is 0 Å². The number of oxazole rings is 1. The first kappa shape index (κ1) is 21.6. The molecule has 0 saturated carbocycles. The summed E-state index contributed by atoms with van der Waals surface area (Å²) in [6.45, 7) is 0. The van der Waals surface area contributed by atoms with E-state index in [1.54, 1.807) is 12.5 Å². The lowest BCUT2D eigenvalue weighted by molar-refractivity contribution is 0.568. The Morgan fingerprint density at radius 1 is 0.641 bits per heavy atom. The smallest absolute Gasteiger partial charge is 0.227 e. The van der Waals surface area contributed by atoms with Crippen molar-refractivity contribution in [2.75, 3.05) is 0 Å². The molecular weight excluding hydrogens is 482 g/mol. The lowest BCUT2D eigenvalue weighted by Crippen LogP contribution is -1.96. The average Bonchev–Trinajstić information content (AvgIpc) is 3.75. The maximum Gasteiger partial charge on any atom is 0.227 e. The zero-order chi connectivity index (χ0) is 25.8. The van der Waals surface area contributed by atoms with Crippen LogP contribution < -0.4 is 0 Å². The van der Waals surface area contributed by atoms with Gasteiger partial charge >= 0.3 is 0 Å². The van der Waals surface area contributed by atoms with Crippen molar-refractivity contribution in [2.24, 2.45) is 0 Å². The van der Waals surface area contributed by atoms with Crippen LogP contribution in [0.5, 0.6) is 0 Å². The van der Waals surface area contributed by atoms with Crippen molar-refractivity contribution >= 4 is 32.9 Å². The predicted octanol–water partition coefficient (Wildman–Crippen LogP) is 8.91. The molecule has 0 aliphatic rings. The topological polar surface area (TPSA) is 57.0 Å². The molecule has 0 saturated heterocycles. The van der Waals surface area contributed by atoms with Gasteiger partial charge in [-0.3, -0.25) is 4.98 Å². The van der Waals surface area contributed by atoms with Crippen LogP contribution in [0.2, 0.25) is 0 Å². The number of hydrogen-bond acceptors (Lipinski definition) is 4. The molecule has 0 fully saturated rings. The predicted molar refractivity (Wildman–Crippen MR) is 155 cm³/mol. The number of fused-ring (bicyclic) bond motifs is 4. The van der Waals surface area contributed by atoms with E-state index in [0.29, 0.717) is 5.89 Å². The van der Waals surface area contributed by atoms with E-state index in [9.17, 15) is 0 Å². The van der Waals surface area contributed by atoms with Crippen molar-refractivity contribution in [3.63, 3.8) is 0 Å². The molecule has 0 spiro atoms. The van der Waals surface area contributed by atoms with Gasteiger partial charge in [0.25, 0.3) is 0 Å². The minimum absolute atomic E-state index is 0.611. The molecule has 184 valence electrons. The molecule has 0 unspecified atom stereocenters. The summed E-state index contributed by atoms with van der Waals surface area (Å²) >= 11 is 0. The van der Waals surface area contributed by atoms with E-state index in [1.807, 2.05) is 54.7 Å². The summed E-state index contributed by atoms with van der Waals surface area (Å²) in [5.74, 6) is 0.611. The number of pyridine rings is 1. The summed E-state index contributed by atoms with van der Waals surface area (Å²) in [5, 5.41) is 2.36. The molecule has 39 heavy (non-hydrogen) atoms. The number of nitrogens with zero attached hydrogens (tertiary/aromatic N) is 3. The highest BCUT2D eigenvalue weighted by Crippen LogP contribution is 2.38. The summed E-state index contributed by atoms with van der Waals surface area (Å²) in [4.78, 5) is 9.43. The Morgan fingerprint density at radius 3 is 2.38 bits per heavy atom.